The van der Waals surface area contributed by atoms with Gasteiger partial charge in [-0.25, -0.2) is 42.9 Å². The number of hydrogen-bond donors (Lipinski definition) is 0. The molecule has 0 saturated heterocycles. The highest BCUT2D eigenvalue weighted by Crippen LogP contribution is 2.26. The number of nitriles is 3. The first kappa shape index (κ1) is 21.7. The number of rotatable bonds is 4. The molecule has 1 aromatic heterocycles. The summed E-state index contributed by atoms with van der Waals surface area (Å²) in [6.07, 6.45) is -3.46. The highest BCUT2D eigenvalue weighted by molar-refractivity contribution is 7.00. The average molecular weight is 353 g/mol. The highest BCUT2D eigenvalue weighted by atomic mass is 19.4. The molecule has 0 unspecified atom stereocenters. The number of aromatic nitrogens is 2. The molecule has 132 valence electrons. The second-order valence-corrected chi connectivity index (χ2v) is 5.03. The van der Waals surface area contributed by atoms with Crippen LogP contribution in [0.3, 0.4) is 0 Å². The highest BCUT2D eigenvalue weighted by Gasteiger charge is 2.51. The summed E-state index contributed by atoms with van der Waals surface area (Å²) in [6.45, 7) is 6.18. The van der Waals surface area contributed by atoms with Gasteiger partial charge in [0, 0.05) is 5.57 Å². The number of imidazole rings is 1. The van der Waals surface area contributed by atoms with E-state index in [1.165, 1.54) is 0 Å². The van der Waals surface area contributed by atoms with E-state index in [1.54, 1.807) is 6.92 Å². The van der Waals surface area contributed by atoms with Crippen LogP contribution in [0.25, 0.3) is 0 Å². The number of carbonyl (C=O) groups excluding carboxylic acids is 1. The van der Waals surface area contributed by atoms with Gasteiger partial charge in [-0.05, 0) is 6.92 Å². The van der Waals surface area contributed by atoms with Crippen molar-refractivity contribution in [1.29, 1.82) is 15.8 Å². The fourth-order valence-electron chi connectivity index (χ4n) is 1.31. The van der Waals surface area contributed by atoms with Crippen LogP contribution in [-0.4, -0.2) is 29.4 Å². The lowest BCUT2D eigenvalue weighted by molar-refractivity contribution is -0.671. The molecule has 0 atom stereocenters. The first-order valence-corrected chi connectivity index (χ1v) is 6.82. The Balaban J connectivity index is 0.000000477. The number of aryl methyl sites for hydroxylation is 1. The SMILES string of the molecule is C=C(C)C(=O)OCCn1cc[n+](C)c1.N#C[B-](C#N)(C#N)C(F)(F)F. The van der Waals surface area contributed by atoms with Crippen molar-refractivity contribution >= 4 is 12.1 Å². The number of carbonyl (C=O) groups is 1. The molecule has 0 aliphatic carbocycles. The Morgan fingerprint density at radius 2 is 1.84 bits per heavy atom. The first-order chi connectivity index (χ1) is 11.5. The van der Waals surface area contributed by atoms with E-state index < -0.39 is 12.2 Å². The van der Waals surface area contributed by atoms with E-state index in [-0.39, 0.29) is 5.97 Å². The minimum atomic E-state index is -5.06. The van der Waals surface area contributed by atoms with Crippen molar-refractivity contribution in [3.8, 4) is 17.9 Å². The summed E-state index contributed by atoms with van der Waals surface area (Å²) in [4.78, 5) is 11.0. The number of nitrogens with zero attached hydrogens (tertiary/aromatic N) is 5. The monoisotopic (exact) mass is 353 g/mol. The summed E-state index contributed by atoms with van der Waals surface area (Å²) in [5.41, 5.74) is 0.433. The number of hydrogen-bond acceptors (Lipinski definition) is 5. The molecule has 0 aliphatic heterocycles. The van der Waals surface area contributed by atoms with Crippen molar-refractivity contribution in [3.05, 3.63) is 30.9 Å². The van der Waals surface area contributed by atoms with Crippen molar-refractivity contribution in [2.75, 3.05) is 6.61 Å². The molecule has 0 aliphatic rings. The van der Waals surface area contributed by atoms with E-state index in [1.807, 2.05) is 34.9 Å². The second-order valence-electron chi connectivity index (χ2n) is 5.03. The topological polar surface area (TPSA) is 106 Å². The summed E-state index contributed by atoms with van der Waals surface area (Å²) in [5.74, 6) is 1.68. The lowest BCUT2D eigenvalue weighted by atomic mass is 9.28. The minimum absolute atomic E-state index is 0.332. The van der Waals surface area contributed by atoms with Gasteiger partial charge in [-0.2, -0.15) is 0 Å². The number of ether oxygens (including phenoxy) is 1. The van der Waals surface area contributed by atoms with Crippen LogP contribution in [0.2, 0.25) is 0 Å². The zero-order valence-electron chi connectivity index (χ0n) is 13.6. The molecule has 0 fully saturated rings. The lowest BCUT2D eigenvalue weighted by Crippen LogP contribution is -2.47. The molecule has 25 heavy (non-hydrogen) atoms. The van der Waals surface area contributed by atoms with Gasteiger partial charge in [0.1, 0.15) is 25.5 Å². The van der Waals surface area contributed by atoms with Crippen LogP contribution in [-0.2, 0) is 23.1 Å². The Morgan fingerprint density at radius 3 is 2.12 bits per heavy atom. The first-order valence-electron chi connectivity index (χ1n) is 6.82. The standard InChI is InChI=1S/C10H15N2O2.C4BF3N3/c1-9(2)10(13)14-7-6-12-5-4-11(3)8-12;6-4(7,8)5(1-9,2-10)3-11/h4-5,8H,1,6-7H2,2-3H3;/q+1;-1. The van der Waals surface area contributed by atoms with Crippen molar-refractivity contribution < 1.29 is 27.3 Å². The maximum absolute atomic E-state index is 11.7. The smallest absolute Gasteiger partial charge is 0.401 e. The fraction of sp³-hybridized carbons (Fsp3) is 0.357. The third-order valence-corrected chi connectivity index (χ3v) is 2.83. The Kier molecular flexibility index (Phi) is 7.95. The normalized spacial score (nSPS) is 10.3. The molecule has 0 spiro atoms. The van der Waals surface area contributed by atoms with Gasteiger partial charge in [0.2, 0.25) is 6.33 Å². The summed E-state index contributed by atoms with van der Waals surface area (Å²) in [6, 6.07) is 0. The molecule has 0 amide bonds. The van der Waals surface area contributed by atoms with Crippen LogP contribution < -0.4 is 4.57 Å². The van der Waals surface area contributed by atoms with Crippen LogP contribution >= 0.6 is 0 Å². The van der Waals surface area contributed by atoms with Crippen molar-refractivity contribution in [1.82, 2.24) is 4.57 Å². The molecule has 0 radical (unpaired) electrons. The van der Waals surface area contributed by atoms with E-state index in [2.05, 4.69) is 6.58 Å². The molecular formula is C14H15BF3N5O2. The molecule has 11 heteroatoms. The summed E-state index contributed by atoms with van der Waals surface area (Å²) >= 11 is 0. The van der Waals surface area contributed by atoms with Crippen LogP contribution in [0.1, 0.15) is 6.92 Å². The van der Waals surface area contributed by atoms with Crippen LogP contribution in [0, 0.1) is 33.7 Å². The molecule has 1 rings (SSSR count). The lowest BCUT2D eigenvalue weighted by Gasteiger charge is -2.19. The summed E-state index contributed by atoms with van der Waals surface area (Å²) in [7, 11) is 1.94. The van der Waals surface area contributed by atoms with Gasteiger partial charge >= 0.3 is 12.1 Å². The van der Waals surface area contributed by atoms with Gasteiger partial charge in [-0.1, -0.05) is 6.58 Å². The van der Waals surface area contributed by atoms with E-state index >= 15 is 0 Å². The molecule has 1 heterocycles. The van der Waals surface area contributed by atoms with E-state index in [4.69, 9.17) is 20.5 Å². The largest absolute Gasteiger partial charge is 0.458 e. The predicted octanol–water partition coefficient (Wildman–Crippen LogP) is 1.16. The molecule has 0 N–H and O–H groups in total. The number of esters is 1. The van der Waals surface area contributed by atoms with Crippen molar-refractivity contribution in [3.63, 3.8) is 0 Å². The molecule has 0 bridgehead atoms. The molecular weight excluding hydrogens is 338 g/mol. The quantitative estimate of drug-likeness (QED) is 0.349. The molecule has 1 aromatic rings. The second kappa shape index (κ2) is 9.14. The Morgan fingerprint density at radius 1 is 1.32 bits per heavy atom. The van der Waals surface area contributed by atoms with Crippen LogP contribution in [0.5, 0.6) is 0 Å². The number of alkyl halides is 3. The van der Waals surface area contributed by atoms with Gasteiger partial charge in [-0.3, -0.25) is 0 Å². The number of halogens is 3. The Labute approximate surface area is 142 Å². The van der Waals surface area contributed by atoms with E-state index in [0.29, 0.717) is 36.6 Å². The molecule has 0 saturated carbocycles. The van der Waals surface area contributed by atoms with E-state index in [0.717, 1.165) is 0 Å². The Hall–Kier alpha value is -3.26. The Bertz CT molecular complexity index is 716. The van der Waals surface area contributed by atoms with Gasteiger partial charge in [0.25, 0.3) is 6.08 Å². The van der Waals surface area contributed by atoms with Crippen LogP contribution in [0.4, 0.5) is 13.2 Å². The average Bonchev–Trinajstić information content (AvgIpc) is 2.94. The maximum Gasteiger partial charge on any atom is 0.401 e. The third kappa shape index (κ3) is 6.40. The maximum atomic E-state index is 11.7. The fourth-order valence-corrected chi connectivity index (χ4v) is 1.31. The van der Waals surface area contributed by atoms with Gasteiger partial charge < -0.3 is 4.74 Å². The minimum Gasteiger partial charge on any atom is -0.458 e. The summed E-state index contributed by atoms with van der Waals surface area (Å²) < 4.78 is 44.0. The van der Waals surface area contributed by atoms with E-state index in [9.17, 15) is 18.0 Å². The van der Waals surface area contributed by atoms with Crippen molar-refractivity contribution in [2.45, 2.75) is 19.5 Å². The third-order valence-electron chi connectivity index (χ3n) is 2.83. The summed E-state index contributed by atoms with van der Waals surface area (Å²) in [5, 5.41) is 23.8. The van der Waals surface area contributed by atoms with Crippen LogP contribution in [0.15, 0.2) is 30.9 Å². The molecule has 7 nitrogen and oxygen atoms in total. The molecule has 0 aromatic carbocycles. The van der Waals surface area contributed by atoms with Gasteiger partial charge in [0.15, 0.2) is 0 Å². The zero-order valence-corrected chi connectivity index (χ0v) is 13.6. The van der Waals surface area contributed by atoms with Gasteiger partial charge in [0.05, 0.1) is 7.05 Å². The predicted molar refractivity (Wildman–Crippen MR) is 80.0 cm³/mol. The zero-order chi connectivity index (χ0) is 19.7. The van der Waals surface area contributed by atoms with Gasteiger partial charge in [-0.15, -0.1) is 17.9 Å². The van der Waals surface area contributed by atoms with Crippen molar-refractivity contribution in [2.24, 2.45) is 7.05 Å².